The first-order valence-corrected chi connectivity index (χ1v) is 9.87. The van der Waals surface area contributed by atoms with E-state index in [1.165, 1.54) is 16.3 Å². The van der Waals surface area contributed by atoms with Crippen molar-refractivity contribution >= 4 is 22.4 Å². The molecule has 4 heteroatoms. The molecule has 0 spiro atoms. The zero-order chi connectivity index (χ0) is 18.5. The van der Waals surface area contributed by atoms with Crippen molar-refractivity contribution in [1.82, 2.24) is 5.32 Å². The van der Waals surface area contributed by atoms with Crippen molar-refractivity contribution in [1.29, 1.82) is 0 Å². The zero-order valence-electron chi connectivity index (χ0n) is 15.3. The van der Waals surface area contributed by atoms with Crippen LogP contribution in [0, 0.1) is 0 Å². The van der Waals surface area contributed by atoms with E-state index in [4.69, 9.17) is 21.1 Å². The molecule has 4 rings (SSSR count). The minimum Gasteiger partial charge on any atom is -0.489 e. The van der Waals surface area contributed by atoms with Gasteiger partial charge in [0.15, 0.2) is 0 Å². The van der Waals surface area contributed by atoms with Crippen LogP contribution in [0.15, 0.2) is 60.7 Å². The highest BCUT2D eigenvalue weighted by Crippen LogP contribution is 2.29. The summed E-state index contributed by atoms with van der Waals surface area (Å²) in [6.45, 7) is 3.04. The van der Waals surface area contributed by atoms with E-state index in [1.54, 1.807) is 0 Å². The summed E-state index contributed by atoms with van der Waals surface area (Å²) < 4.78 is 11.9. The summed E-state index contributed by atoms with van der Waals surface area (Å²) in [6.07, 6.45) is 2.64. The summed E-state index contributed by atoms with van der Waals surface area (Å²) in [7, 11) is 0. The molecule has 1 unspecified atom stereocenters. The van der Waals surface area contributed by atoms with Crippen molar-refractivity contribution in [3.05, 3.63) is 76.8 Å². The average Bonchev–Trinajstić information content (AvgIpc) is 3.22. The summed E-state index contributed by atoms with van der Waals surface area (Å²) in [5.41, 5.74) is 2.30. The molecule has 0 bridgehead atoms. The van der Waals surface area contributed by atoms with Gasteiger partial charge in [-0.3, -0.25) is 0 Å². The first-order chi connectivity index (χ1) is 13.3. The molecule has 140 valence electrons. The van der Waals surface area contributed by atoms with E-state index < -0.39 is 0 Å². The molecule has 0 aromatic heterocycles. The van der Waals surface area contributed by atoms with E-state index in [1.807, 2.05) is 24.3 Å². The van der Waals surface area contributed by atoms with E-state index in [-0.39, 0.29) is 0 Å². The van der Waals surface area contributed by atoms with Crippen LogP contribution in [0.5, 0.6) is 5.75 Å². The van der Waals surface area contributed by atoms with E-state index in [2.05, 4.69) is 41.7 Å². The highest BCUT2D eigenvalue weighted by atomic mass is 35.5. The van der Waals surface area contributed by atoms with Gasteiger partial charge in [-0.05, 0) is 47.4 Å². The Morgan fingerprint density at radius 3 is 2.70 bits per heavy atom. The Labute approximate surface area is 165 Å². The van der Waals surface area contributed by atoms with Gasteiger partial charge >= 0.3 is 0 Å². The predicted molar refractivity (Wildman–Crippen MR) is 110 cm³/mol. The van der Waals surface area contributed by atoms with Crippen molar-refractivity contribution in [2.75, 3.05) is 13.2 Å². The molecule has 3 aromatic rings. The predicted octanol–water partition coefficient (Wildman–Crippen LogP) is 5.34. The first-order valence-electron chi connectivity index (χ1n) is 9.50. The Morgan fingerprint density at radius 2 is 1.89 bits per heavy atom. The monoisotopic (exact) mass is 381 g/mol. The summed E-state index contributed by atoms with van der Waals surface area (Å²) in [6, 6.07) is 20.4. The van der Waals surface area contributed by atoms with Gasteiger partial charge in [-0.15, -0.1) is 0 Å². The van der Waals surface area contributed by atoms with Crippen molar-refractivity contribution in [2.24, 2.45) is 0 Å². The highest BCUT2D eigenvalue weighted by molar-refractivity contribution is 6.30. The number of hydrogen-bond acceptors (Lipinski definition) is 3. The molecular formula is C23H24ClNO2. The molecular weight excluding hydrogens is 358 g/mol. The van der Waals surface area contributed by atoms with E-state index in [0.29, 0.717) is 12.7 Å². The summed E-state index contributed by atoms with van der Waals surface area (Å²) in [5.74, 6) is 0.920. The van der Waals surface area contributed by atoms with Crippen LogP contribution in [-0.2, 0) is 17.9 Å². The van der Waals surface area contributed by atoms with Crippen LogP contribution in [0.2, 0.25) is 5.02 Å². The summed E-state index contributed by atoms with van der Waals surface area (Å²) in [5, 5.41) is 6.75. The highest BCUT2D eigenvalue weighted by Gasteiger charge is 2.15. The molecule has 1 atom stereocenters. The molecule has 27 heavy (non-hydrogen) atoms. The summed E-state index contributed by atoms with van der Waals surface area (Å²) in [4.78, 5) is 0. The quantitative estimate of drug-likeness (QED) is 0.599. The molecule has 3 nitrogen and oxygen atoms in total. The molecule has 1 heterocycles. The van der Waals surface area contributed by atoms with Crippen LogP contribution in [0.1, 0.15) is 24.0 Å². The van der Waals surface area contributed by atoms with Gasteiger partial charge in [0.05, 0.1) is 6.10 Å². The van der Waals surface area contributed by atoms with E-state index in [9.17, 15) is 0 Å². The number of halogens is 1. The molecule has 1 fully saturated rings. The third-order valence-electron chi connectivity index (χ3n) is 5.00. The largest absolute Gasteiger partial charge is 0.489 e. The fourth-order valence-electron chi connectivity index (χ4n) is 3.54. The lowest BCUT2D eigenvalue weighted by atomic mass is 10.0. The first kappa shape index (κ1) is 18.3. The van der Waals surface area contributed by atoms with Crippen LogP contribution in [-0.4, -0.2) is 19.3 Å². The number of rotatable bonds is 7. The zero-order valence-corrected chi connectivity index (χ0v) is 16.0. The van der Waals surface area contributed by atoms with Gasteiger partial charge < -0.3 is 14.8 Å². The Hall–Kier alpha value is -2.07. The van der Waals surface area contributed by atoms with E-state index in [0.717, 1.165) is 48.9 Å². The second-order valence-electron chi connectivity index (χ2n) is 6.94. The Morgan fingerprint density at radius 1 is 1.04 bits per heavy atom. The molecule has 3 aromatic carbocycles. The average molecular weight is 382 g/mol. The van der Waals surface area contributed by atoms with Gasteiger partial charge in [0, 0.05) is 30.3 Å². The minimum atomic E-state index is 0.332. The smallest absolute Gasteiger partial charge is 0.124 e. The molecule has 1 aliphatic heterocycles. The second-order valence-corrected chi connectivity index (χ2v) is 7.38. The lowest BCUT2D eigenvalue weighted by molar-refractivity contribution is 0.110. The number of benzene rings is 3. The van der Waals surface area contributed by atoms with Crippen LogP contribution in [0.4, 0.5) is 0 Å². The van der Waals surface area contributed by atoms with Crippen molar-refractivity contribution in [2.45, 2.75) is 32.1 Å². The maximum absolute atomic E-state index is 6.18. The molecule has 0 aliphatic carbocycles. The van der Waals surface area contributed by atoms with Crippen LogP contribution in [0.25, 0.3) is 10.8 Å². The van der Waals surface area contributed by atoms with Crippen molar-refractivity contribution in [3.8, 4) is 5.75 Å². The van der Waals surface area contributed by atoms with Gasteiger partial charge in [-0.2, -0.15) is 0 Å². The van der Waals surface area contributed by atoms with Crippen molar-refractivity contribution < 1.29 is 9.47 Å². The number of ether oxygens (including phenoxy) is 2. The number of fused-ring (bicyclic) bond motifs is 1. The molecule has 1 aliphatic rings. The molecule has 1 N–H and O–H groups in total. The van der Waals surface area contributed by atoms with Gasteiger partial charge in [0.25, 0.3) is 0 Å². The Kier molecular flexibility index (Phi) is 5.93. The van der Waals surface area contributed by atoms with Crippen LogP contribution >= 0.6 is 11.6 Å². The third kappa shape index (κ3) is 4.62. The SMILES string of the molecule is Clc1ccc(COc2ccc3ccccc3c2CNCC2CCCO2)cc1. The standard InChI is InChI=1S/C23H24ClNO2/c24-19-10-7-17(8-11-19)16-27-23-12-9-18-4-1-2-6-21(18)22(23)15-25-14-20-5-3-13-26-20/h1-2,4,6-12,20,25H,3,5,13-16H2. The van der Waals surface area contributed by atoms with Gasteiger partial charge in [0.2, 0.25) is 0 Å². The fraction of sp³-hybridized carbons (Fsp3) is 0.304. The fourth-order valence-corrected chi connectivity index (χ4v) is 3.66. The Bertz CT molecular complexity index is 889. The van der Waals surface area contributed by atoms with E-state index >= 15 is 0 Å². The lowest BCUT2D eigenvalue weighted by Crippen LogP contribution is -2.26. The number of hydrogen-bond donors (Lipinski definition) is 1. The van der Waals surface area contributed by atoms with Gasteiger partial charge in [-0.1, -0.05) is 54.1 Å². The maximum Gasteiger partial charge on any atom is 0.124 e. The Balaban J connectivity index is 1.51. The lowest BCUT2D eigenvalue weighted by Gasteiger charge is -2.16. The topological polar surface area (TPSA) is 30.5 Å². The van der Waals surface area contributed by atoms with Crippen LogP contribution < -0.4 is 10.1 Å². The molecule has 1 saturated heterocycles. The second kappa shape index (κ2) is 8.75. The molecule has 0 radical (unpaired) electrons. The number of nitrogens with one attached hydrogen (secondary N) is 1. The molecule has 0 saturated carbocycles. The maximum atomic E-state index is 6.18. The van der Waals surface area contributed by atoms with Gasteiger partial charge in [0.1, 0.15) is 12.4 Å². The van der Waals surface area contributed by atoms with Gasteiger partial charge in [-0.25, -0.2) is 0 Å². The summed E-state index contributed by atoms with van der Waals surface area (Å²) >= 11 is 5.97. The molecule has 0 amide bonds. The normalized spacial score (nSPS) is 16.7. The third-order valence-corrected chi connectivity index (χ3v) is 5.25. The minimum absolute atomic E-state index is 0.332. The van der Waals surface area contributed by atoms with Crippen LogP contribution in [0.3, 0.4) is 0 Å². The van der Waals surface area contributed by atoms with Crippen molar-refractivity contribution in [3.63, 3.8) is 0 Å².